The van der Waals surface area contributed by atoms with Gasteiger partial charge in [0.05, 0.1) is 19.2 Å². The lowest BCUT2D eigenvalue weighted by molar-refractivity contribution is -0.274. The highest BCUT2D eigenvalue weighted by molar-refractivity contribution is 6.00. The number of ketones is 1. The number of benzene rings is 2. The molecule has 13 heteroatoms. The Labute approximate surface area is 196 Å². The van der Waals surface area contributed by atoms with Crippen molar-refractivity contribution in [2.45, 2.75) is 37.5 Å². The van der Waals surface area contributed by atoms with Crippen LogP contribution in [0.4, 0.5) is 22.0 Å². The van der Waals surface area contributed by atoms with Gasteiger partial charge in [-0.25, -0.2) is 18.4 Å². The minimum absolute atomic E-state index is 0.0500. The molecular formula is C22H21F5N4O4. The van der Waals surface area contributed by atoms with E-state index in [9.17, 15) is 37.0 Å². The maximum absolute atomic E-state index is 14.7. The first-order valence-corrected chi connectivity index (χ1v) is 10.2. The topological polar surface area (TPSA) is 110 Å². The van der Waals surface area contributed by atoms with Crippen LogP contribution >= 0.6 is 0 Å². The standard InChI is InChI=1S/C22H21F5N4O4/c1-13(21(34,10-31-12-28-11-29-31)17-7-4-15(23)8-18(17)24)30-19(9-32)20(33)14-2-5-16(6-3-14)35-22(25,26)27/h2-8,11-13,19,30,32,34H,9-10H2,1H3/t13-,19-,21-/m1/s1. The molecule has 3 rings (SSSR count). The smallest absolute Gasteiger partial charge is 0.406 e. The number of rotatable bonds is 10. The van der Waals surface area contributed by atoms with Crippen LogP contribution in [0.1, 0.15) is 22.8 Å². The monoisotopic (exact) mass is 500 g/mol. The lowest BCUT2D eigenvalue weighted by Crippen LogP contribution is -2.55. The molecule has 0 radical (unpaired) electrons. The number of aliphatic hydroxyl groups is 2. The SMILES string of the molecule is C[C@@H](N[C@H](CO)C(=O)c1ccc(OC(F)(F)F)cc1)[C@](O)(Cn1cncn1)c1ccc(F)cc1F. The minimum Gasteiger partial charge on any atom is -0.406 e. The number of Topliss-reactive ketones (excluding diaryl/α,β-unsaturated/α-hetero) is 1. The molecule has 0 saturated carbocycles. The Morgan fingerprint density at radius 2 is 1.86 bits per heavy atom. The Balaban J connectivity index is 1.85. The number of hydrogen-bond donors (Lipinski definition) is 3. The molecule has 0 saturated heterocycles. The molecule has 8 nitrogen and oxygen atoms in total. The molecule has 0 aliphatic rings. The zero-order valence-corrected chi connectivity index (χ0v) is 18.2. The van der Waals surface area contributed by atoms with Crippen molar-refractivity contribution in [3.8, 4) is 5.75 Å². The number of alkyl halides is 3. The van der Waals surface area contributed by atoms with Gasteiger partial charge in [-0.1, -0.05) is 6.07 Å². The lowest BCUT2D eigenvalue weighted by atomic mass is 9.85. The fourth-order valence-corrected chi connectivity index (χ4v) is 3.53. The minimum atomic E-state index is -4.90. The number of aliphatic hydroxyl groups excluding tert-OH is 1. The summed E-state index contributed by atoms with van der Waals surface area (Å²) >= 11 is 0. The Hall–Kier alpha value is -3.42. The van der Waals surface area contributed by atoms with Crippen LogP contribution in [0.2, 0.25) is 0 Å². The third kappa shape index (κ3) is 6.38. The third-order valence-electron chi connectivity index (χ3n) is 5.31. The van der Waals surface area contributed by atoms with Gasteiger partial charge in [-0.15, -0.1) is 13.2 Å². The van der Waals surface area contributed by atoms with Crippen molar-refractivity contribution in [2.24, 2.45) is 0 Å². The van der Waals surface area contributed by atoms with Gasteiger partial charge in [0, 0.05) is 23.2 Å². The summed E-state index contributed by atoms with van der Waals surface area (Å²) in [6.45, 7) is 0.310. The Kier molecular flexibility index (Phi) is 7.83. The summed E-state index contributed by atoms with van der Waals surface area (Å²) in [4.78, 5) is 16.6. The fourth-order valence-electron chi connectivity index (χ4n) is 3.53. The van der Waals surface area contributed by atoms with Crippen LogP contribution in [0.15, 0.2) is 55.1 Å². The maximum atomic E-state index is 14.7. The van der Waals surface area contributed by atoms with Crippen LogP contribution in [0, 0.1) is 11.6 Å². The largest absolute Gasteiger partial charge is 0.573 e. The van der Waals surface area contributed by atoms with E-state index in [-0.39, 0.29) is 17.7 Å². The molecule has 1 aromatic heterocycles. The summed E-state index contributed by atoms with van der Waals surface area (Å²) in [6.07, 6.45) is -2.45. The summed E-state index contributed by atoms with van der Waals surface area (Å²) in [7, 11) is 0. The van der Waals surface area contributed by atoms with Gasteiger partial charge in [-0.05, 0) is 37.3 Å². The number of aromatic nitrogens is 3. The van der Waals surface area contributed by atoms with E-state index < -0.39 is 53.8 Å². The summed E-state index contributed by atoms with van der Waals surface area (Å²) in [5, 5.41) is 27.9. The van der Waals surface area contributed by atoms with E-state index in [0.717, 1.165) is 36.4 Å². The number of nitrogens with one attached hydrogen (secondary N) is 1. The van der Waals surface area contributed by atoms with Gasteiger partial charge in [-0.3, -0.25) is 10.1 Å². The Morgan fingerprint density at radius 1 is 1.17 bits per heavy atom. The average molecular weight is 500 g/mol. The average Bonchev–Trinajstić information content (AvgIpc) is 3.28. The first-order valence-electron chi connectivity index (χ1n) is 10.2. The Morgan fingerprint density at radius 3 is 2.40 bits per heavy atom. The van der Waals surface area contributed by atoms with Crippen LogP contribution in [0.5, 0.6) is 5.75 Å². The van der Waals surface area contributed by atoms with Gasteiger partial charge < -0.3 is 14.9 Å². The predicted octanol–water partition coefficient (Wildman–Crippen LogP) is 2.56. The predicted molar refractivity (Wildman–Crippen MR) is 111 cm³/mol. The van der Waals surface area contributed by atoms with Gasteiger partial charge in [0.15, 0.2) is 5.78 Å². The molecule has 35 heavy (non-hydrogen) atoms. The molecule has 0 fully saturated rings. The van der Waals surface area contributed by atoms with E-state index in [1.165, 1.54) is 24.3 Å². The molecule has 0 aliphatic carbocycles. The second-order valence-corrected chi connectivity index (χ2v) is 7.70. The molecule has 0 unspecified atom stereocenters. The van der Waals surface area contributed by atoms with Crippen molar-refractivity contribution in [3.05, 3.63) is 77.9 Å². The number of ether oxygens (including phenoxy) is 1. The van der Waals surface area contributed by atoms with E-state index in [1.807, 2.05) is 0 Å². The second kappa shape index (κ2) is 10.5. The molecular weight excluding hydrogens is 479 g/mol. The highest BCUT2D eigenvalue weighted by atomic mass is 19.4. The molecule has 1 heterocycles. The van der Waals surface area contributed by atoms with Crippen molar-refractivity contribution in [1.29, 1.82) is 0 Å². The van der Waals surface area contributed by atoms with Crippen LogP contribution < -0.4 is 10.1 Å². The van der Waals surface area contributed by atoms with Crippen molar-refractivity contribution >= 4 is 5.78 Å². The van der Waals surface area contributed by atoms with Crippen LogP contribution in [-0.4, -0.2) is 55.8 Å². The first-order chi connectivity index (χ1) is 16.4. The van der Waals surface area contributed by atoms with E-state index in [2.05, 4.69) is 20.1 Å². The maximum Gasteiger partial charge on any atom is 0.573 e. The molecule has 0 aliphatic heterocycles. The summed E-state index contributed by atoms with van der Waals surface area (Å²) < 4.78 is 70.2. The van der Waals surface area contributed by atoms with Gasteiger partial charge in [0.2, 0.25) is 0 Å². The molecule has 0 spiro atoms. The highest BCUT2D eigenvalue weighted by Crippen LogP contribution is 2.30. The second-order valence-electron chi connectivity index (χ2n) is 7.70. The third-order valence-corrected chi connectivity index (χ3v) is 5.31. The summed E-state index contributed by atoms with van der Waals surface area (Å²) in [5.74, 6) is -3.16. The van der Waals surface area contributed by atoms with Crippen molar-refractivity contribution in [3.63, 3.8) is 0 Å². The molecule has 0 amide bonds. The van der Waals surface area contributed by atoms with E-state index >= 15 is 0 Å². The molecule has 3 aromatic rings. The molecule has 3 N–H and O–H groups in total. The zero-order chi connectivity index (χ0) is 25.8. The number of halogens is 5. The van der Waals surface area contributed by atoms with E-state index in [0.29, 0.717) is 6.07 Å². The van der Waals surface area contributed by atoms with E-state index in [4.69, 9.17) is 0 Å². The van der Waals surface area contributed by atoms with Gasteiger partial charge in [0.1, 0.15) is 35.6 Å². The number of carbonyl (C=O) groups excluding carboxylic acids is 1. The van der Waals surface area contributed by atoms with Gasteiger partial charge >= 0.3 is 6.36 Å². The molecule has 3 atom stereocenters. The zero-order valence-electron chi connectivity index (χ0n) is 18.2. The number of carbonyl (C=O) groups is 1. The van der Waals surface area contributed by atoms with Crippen LogP contribution in [-0.2, 0) is 12.1 Å². The van der Waals surface area contributed by atoms with Crippen LogP contribution in [0.3, 0.4) is 0 Å². The van der Waals surface area contributed by atoms with Crippen molar-refractivity contribution in [1.82, 2.24) is 20.1 Å². The normalized spacial score (nSPS) is 15.3. The van der Waals surface area contributed by atoms with Crippen molar-refractivity contribution in [2.75, 3.05) is 6.61 Å². The first kappa shape index (κ1) is 26.2. The Bertz CT molecular complexity index is 1140. The highest BCUT2D eigenvalue weighted by Gasteiger charge is 2.41. The number of nitrogens with zero attached hydrogens (tertiary/aromatic N) is 3. The molecule has 0 bridgehead atoms. The summed E-state index contributed by atoms with van der Waals surface area (Å²) in [5.41, 5.74) is -2.44. The summed E-state index contributed by atoms with van der Waals surface area (Å²) in [6, 6.07) is 4.19. The van der Waals surface area contributed by atoms with Crippen LogP contribution in [0.25, 0.3) is 0 Å². The van der Waals surface area contributed by atoms with Crippen molar-refractivity contribution < 1.29 is 41.7 Å². The molecule has 188 valence electrons. The lowest BCUT2D eigenvalue weighted by Gasteiger charge is -2.37. The number of hydrogen-bond acceptors (Lipinski definition) is 7. The van der Waals surface area contributed by atoms with Gasteiger partial charge in [-0.2, -0.15) is 5.10 Å². The van der Waals surface area contributed by atoms with Gasteiger partial charge in [0.25, 0.3) is 0 Å². The quantitative estimate of drug-likeness (QED) is 0.290. The van der Waals surface area contributed by atoms with E-state index in [1.54, 1.807) is 0 Å². The molecule has 2 aromatic carbocycles. The fraction of sp³-hybridized carbons (Fsp3) is 0.318.